The first kappa shape index (κ1) is 24.5. The van der Waals surface area contributed by atoms with Gasteiger partial charge in [-0.3, -0.25) is 14.5 Å². The predicted molar refractivity (Wildman–Crippen MR) is 131 cm³/mol. The van der Waals surface area contributed by atoms with E-state index in [4.69, 9.17) is 16.3 Å². The van der Waals surface area contributed by atoms with Gasteiger partial charge < -0.3 is 15.0 Å². The molecule has 2 amide bonds. The number of anilines is 1. The van der Waals surface area contributed by atoms with Crippen LogP contribution in [0, 0.1) is 24.7 Å². The van der Waals surface area contributed by atoms with Crippen molar-refractivity contribution >= 4 is 29.1 Å². The maximum Gasteiger partial charge on any atom is 0.226 e. The van der Waals surface area contributed by atoms with Gasteiger partial charge in [0, 0.05) is 61.9 Å². The lowest BCUT2D eigenvalue weighted by Gasteiger charge is -2.41. The fourth-order valence-electron chi connectivity index (χ4n) is 5.59. The number of nitrogens with one attached hydrogen (secondary N) is 1. The Morgan fingerprint density at radius 1 is 1.15 bits per heavy atom. The van der Waals surface area contributed by atoms with E-state index in [2.05, 4.69) is 29.0 Å². The van der Waals surface area contributed by atoms with E-state index in [9.17, 15) is 9.59 Å². The van der Waals surface area contributed by atoms with E-state index in [0.717, 1.165) is 62.4 Å². The van der Waals surface area contributed by atoms with Crippen LogP contribution in [0.4, 0.5) is 5.69 Å². The number of halogens is 1. The number of nitrogens with zero attached hydrogens (tertiary/aromatic N) is 2. The van der Waals surface area contributed by atoms with Crippen molar-refractivity contribution in [2.45, 2.75) is 65.5 Å². The molecule has 0 spiro atoms. The van der Waals surface area contributed by atoms with Crippen molar-refractivity contribution in [3.63, 3.8) is 0 Å². The SMILES string of the molecule is Cc1c(CN2CCN(C(=O)C3CCCC3)[C@@H](C)C2)cc(Cl)cc1NC(=O)CC1COCC1C. The molecule has 2 unspecified atom stereocenters. The highest BCUT2D eigenvalue weighted by Gasteiger charge is 2.33. The highest BCUT2D eigenvalue weighted by atomic mass is 35.5. The van der Waals surface area contributed by atoms with Crippen molar-refractivity contribution in [3.05, 3.63) is 28.3 Å². The Hall–Kier alpha value is -1.63. The zero-order valence-electron chi connectivity index (χ0n) is 20.2. The summed E-state index contributed by atoms with van der Waals surface area (Å²) in [7, 11) is 0. The molecule has 1 aromatic rings. The summed E-state index contributed by atoms with van der Waals surface area (Å²) in [4.78, 5) is 30.1. The van der Waals surface area contributed by atoms with E-state index < -0.39 is 0 Å². The Labute approximate surface area is 203 Å². The minimum absolute atomic E-state index is 0.0151. The number of carbonyl (C=O) groups is 2. The van der Waals surface area contributed by atoms with Gasteiger partial charge in [-0.1, -0.05) is 31.4 Å². The van der Waals surface area contributed by atoms with Gasteiger partial charge in [0.05, 0.1) is 6.61 Å². The summed E-state index contributed by atoms with van der Waals surface area (Å²) < 4.78 is 5.50. The van der Waals surface area contributed by atoms with Crippen LogP contribution in [-0.4, -0.2) is 60.5 Å². The number of benzene rings is 1. The quantitative estimate of drug-likeness (QED) is 0.658. The molecule has 33 heavy (non-hydrogen) atoms. The molecule has 2 saturated heterocycles. The van der Waals surface area contributed by atoms with Gasteiger partial charge in [0.2, 0.25) is 11.8 Å². The molecule has 3 fully saturated rings. The van der Waals surface area contributed by atoms with Gasteiger partial charge >= 0.3 is 0 Å². The molecule has 1 saturated carbocycles. The Balaban J connectivity index is 1.36. The first-order chi connectivity index (χ1) is 15.8. The molecule has 6 nitrogen and oxygen atoms in total. The summed E-state index contributed by atoms with van der Waals surface area (Å²) in [5, 5.41) is 3.72. The second-order valence-corrected chi connectivity index (χ2v) is 10.8. The number of hydrogen-bond donors (Lipinski definition) is 1. The number of rotatable bonds is 6. The molecular formula is C26H38ClN3O3. The topological polar surface area (TPSA) is 61.9 Å². The van der Waals surface area contributed by atoms with E-state index in [-0.39, 0.29) is 23.8 Å². The van der Waals surface area contributed by atoms with Crippen molar-refractivity contribution in [1.82, 2.24) is 9.80 Å². The summed E-state index contributed by atoms with van der Waals surface area (Å²) in [5.41, 5.74) is 2.97. The van der Waals surface area contributed by atoms with Crippen LogP contribution in [0.1, 0.15) is 57.1 Å². The highest BCUT2D eigenvalue weighted by molar-refractivity contribution is 6.31. The Kier molecular flexibility index (Phi) is 7.98. The van der Waals surface area contributed by atoms with Crippen molar-refractivity contribution in [3.8, 4) is 0 Å². The largest absolute Gasteiger partial charge is 0.381 e. The van der Waals surface area contributed by atoms with Crippen molar-refractivity contribution in [2.75, 3.05) is 38.2 Å². The lowest BCUT2D eigenvalue weighted by Crippen LogP contribution is -2.54. The van der Waals surface area contributed by atoms with E-state index in [1.54, 1.807) is 0 Å². The molecule has 2 heterocycles. The van der Waals surface area contributed by atoms with Gasteiger partial charge in [-0.25, -0.2) is 0 Å². The molecule has 0 aromatic heterocycles. The molecule has 0 radical (unpaired) electrons. The molecule has 1 aromatic carbocycles. The zero-order valence-corrected chi connectivity index (χ0v) is 21.0. The van der Waals surface area contributed by atoms with Gasteiger partial charge in [-0.2, -0.15) is 0 Å². The molecule has 1 N–H and O–H groups in total. The van der Waals surface area contributed by atoms with Crippen LogP contribution in [0.25, 0.3) is 0 Å². The number of carbonyl (C=O) groups excluding carboxylic acids is 2. The summed E-state index contributed by atoms with van der Waals surface area (Å²) in [6.07, 6.45) is 4.94. The van der Waals surface area contributed by atoms with E-state index >= 15 is 0 Å². The third-order valence-corrected chi connectivity index (χ3v) is 8.03. The monoisotopic (exact) mass is 475 g/mol. The van der Waals surface area contributed by atoms with Gasteiger partial charge in [-0.15, -0.1) is 0 Å². The zero-order chi connectivity index (χ0) is 23.5. The third kappa shape index (κ3) is 5.90. The summed E-state index contributed by atoms with van der Waals surface area (Å²) in [6, 6.07) is 4.05. The number of piperazine rings is 1. The standard InChI is InChI=1S/C26H38ClN3O3/c1-17-15-33-16-22(17)11-25(31)28-24-12-23(27)10-21(19(24)3)14-29-8-9-30(18(2)13-29)26(32)20-6-4-5-7-20/h10,12,17-18,20,22H,4-9,11,13-16H2,1-3H3,(H,28,31)/t17?,18-,22?/m0/s1. The molecule has 0 bridgehead atoms. The van der Waals surface area contributed by atoms with Crippen LogP contribution in [0.3, 0.4) is 0 Å². The van der Waals surface area contributed by atoms with Gasteiger partial charge in [0.15, 0.2) is 0 Å². The molecular weight excluding hydrogens is 438 g/mol. The number of amides is 2. The van der Waals surface area contributed by atoms with E-state index in [0.29, 0.717) is 29.9 Å². The summed E-state index contributed by atoms with van der Waals surface area (Å²) >= 11 is 6.44. The maximum absolute atomic E-state index is 12.9. The van der Waals surface area contributed by atoms with Crippen molar-refractivity contribution < 1.29 is 14.3 Å². The first-order valence-electron chi connectivity index (χ1n) is 12.5. The van der Waals surface area contributed by atoms with Crippen LogP contribution in [0.15, 0.2) is 12.1 Å². The first-order valence-corrected chi connectivity index (χ1v) is 12.9. The molecule has 7 heteroatoms. The Morgan fingerprint density at radius 2 is 1.91 bits per heavy atom. The molecule has 3 aliphatic rings. The average Bonchev–Trinajstić information content (AvgIpc) is 3.43. The lowest BCUT2D eigenvalue weighted by atomic mass is 9.94. The van der Waals surface area contributed by atoms with Crippen LogP contribution in [0.2, 0.25) is 5.02 Å². The van der Waals surface area contributed by atoms with Gasteiger partial charge in [0.1, 0.15) is 0 Å². The predicted octanol–water partition coefficient (Wildman–Crippen LogP) is 4.48. The fraction of sp³-hybridized carbons (Fsp3) is 0.692. The molecule has 182 valence electrons. The van der Waals surface area contributed by atoms with Crippen molar-refractivity contribution in [1.29, 1.82) is 0 Å². The Morgan fingerprint density at radius 3 is 2.58 bits per heavy atom. The lowest BCUT2D eigenvalue weighted by molar-refractivity contribution is -0.140. The molecule has 3 atom stereocenters. The minimum atomic E-state index is 0.0151. The van der Waals surface area contributed by atoms with Crippen LogP contribution in [0.5, 0.6) is 0 Å². The molecule has 1 aliphatic carbocycles. The van der Waals surface area contributed by atoms with Crippen LogP contribution >= 0.6 is 11.6 Å². The molecule has 4 rings (SSSR count). The number of ether oxygens (including phenoxy) is 1. The normalized spacial score (nSPS) is 26.7. The van der Waals surface area contributed by atoms with E-state index in [1.807, 2.05) is 19.1 Å². The average molecular weight is 476 g/mol. The second-order valence-electron chi connectivity index (χ2n) is 10.4. The van der Waals surface area contributed by atoms with Crippen molar-refractivity contribution in [2.24, 2.45) is 17.8 Å². The number of hydrogen-bond acceptors (Lipinski definition) is 4. The van der Waals surface area contributed by atoms with Gasteiger partial charge in [0.25, 0.3) is 0 Å². The Bertz CT molecular complexity index is 871. The van der Waals surface area contributed by atoms with Crippen LogP contribution < -0.4 is 5.32 Å². The smallest absolute Gasteiger partial charge is 0.226 e. The second kappa shape index (κ2) is 10.7. The molecule has 2 aliphatic heterocycles. The maximum atomic E-state index is 12.9. The van der Waals surface area contributed by atoms with E-state index in [1.165, 1.54) is 12.8 Å². The minimum Gasteiger partial charge on any atom is -0.381 e. The highest BCUT2D eigenvalue weighted by Crippen LogP contribution is 2.30. The summed E-state index contributed by atoms with van der Waals surface area (Å²) in [6.45, 7) is 11.0. The summed E-state index contributed by atoms with van der Waals surface area (Å²) in [5.74, 6) is 1.28. The third-order valence-electron chi connectivity index (χ3n) is 7.81. The van der Waals surface area contributed by atoms with Gasteiger partial charge in [-0.05, 0) is 61.8 Å². The van der Waals surface area contributed by atoms with Crippen LogP contribution in [-0.2, 0) is 20.9 Å². The fourth-order valence-corrected chi connectivity index (χ4v) is 5.83.